The molecule has 1 aliphatic rings. The molecule has 106 valence electrons. The number of rotatable bonds is 3. The van der Waals surface area contributed by atoms with Crippen LogP contribution < -0.4 is 5.32 Å². The molecule has 19 heavy (non-hydrogen) atoms. The van der Waals surface area contributed by atoms with Crippen LogP contribution in [0.5, 0.6) is 0 Å². The molecule has 1 aromatic rings. The molecule has 0 amide bonds. The van der Waals surface area contributed by atoms with Gasteiger partial charge in [-0.05, 0) is 47.0 Å². The molecule has 1 fully saturated rings. The zero-order chi connectivity index (χ0) is 14.1. The van der Waals surface area contributed by atoms with Gasteiger partial charge in [0, 0.05) is 10.2 Å². The molecule has 0 saturated carbocycles. The predicted octanol–water partition coefficient (Wildman–Crippen LogP) is 2.45. The van der Waals surface area contributed by atoms with E-state index in [1.807, 2.05) is 12.1 Å². The Kier molecular flexibility index (Phi) is 4.45. The van der Waals surface area contributed by atoms with Crippen molar-refractivity contribution in [2.75, 3.05) is 23.4 Å². The number of benzene rings is 1. The smallest absolute Gasteiger partial charge is 0.150 e. The number of hydrogen-bond donors (Lipinski definition) is 2. The van der Waals surface area contributed by atoms with Crippen LogP contribution in [0.2, 0.25) is 5.02 Å². The largest absolute Gasteiger partial charge is 0.394 e. The molecule has 2 rings (SSSR count). The van der Waals surface area contributed by atoms with Gasteiger partial charge < -0.3 is 10.4 Å². The van der Waals surface area contributed by atoms with Gasteiger partial charge >= 0.3 is 0 Å². The molecule has 1 aromatic carbocycles. The normalized spacial score (nSPS) is 21.0. The third-order valence-corrected chi connectivity index (χ3v) is 6.28. The Balaban J connectivity index is 2.17. The quantitative estimate of drug-likeness (QED) is 0.860. The van der Waals surface area contributed by atoms with Crippen molar-refractivity contribution >= 4 is 43.1 Å². The van der Waals surface area contributed by atoms with Gasteiger partial charge in [-0.25, -0.2) is 8.42 Å². The lowest BCUT2D eigenvalue weighted by molar-refractivity contribution is 0.200. The van der Waals surface area contributed by atoms with Gasteiger partial charge in [0.1, 0.15) is 0 Å². The van der Waals surface area contributed by atoms with Crippen LogP contribution in [0.4, 0.5) is 5.69 Å². The van der Waals surface area contributed by atoms with E-state index in [1.165, 1.54) is 0 Å². The fourth-order valence-corrected chi connectivity index (χ4v) is 4.24. The van der Waals surface area contributed by atoms with E-state index in [2.05, 4.69) is 21.2 Å². The van der Waals surface area contributed by atoms with E-state index in [9.17, 15) is 13.5 Å². The van der Waals surface area contributed by atoms with Crippen molar-refractivity contribution in [3.8, 4) is 0 Å². The molecule has 2 N–H and O–H groups in total. The molecule has 0 aliphatic carbocycles. The van der Waals surface area contributed by atoms with Gasteiger partial charge in [-0.2, -0.15) is 0 Å². The highest BCUT2D eigenvalue weighted by Crippen LogP contribution is 2.31. The van der Waals surface area contributed by atoms with Crippen LogP contribution in [0.25, 0.3) is 0 Å². The van der Waals surface area contributed by atoms with Crippen molar-refractivity contribution < 1.29 is 13.5 Å². The highest BCUT2D eigenvalue weighted by molar-refractivity contribution is 9.10. The monoisotopic (exact) mass is 367 g/mol. The maximum absolute atomic E-state index is 11.5. The molecule has 1 heterocycles. The van der Waals surface area contributed by atoms with Gasteiger partial charge in [0.25, 0.3) is 0 Å². The summed E-state index contributed by atoms with van der Waals surface area (Å²) in [4.78, 5) is 0. The minimum atomic E-state index is -2.95. The maximum Gasteiger partial charge on any atom is 0.150 e. The summed E-state index contributed by atoms with van der Waals surface area (Å²) in [7, 11) is -2.95. The number of sulfone groups is 1. The van der Waals surface area contributed by atoms with Crippen molar-refractivity contribution in [2.45, 2.75) is 18.4 Å². The van der Waals surface area contributed by atoms with Crippen LogP contribution in [0.3, 0.4) is 0 Å². The van der Waals surface area contributed by atoms with Gasteiger partial charge in [0.05, 0.1) is 28.7 Å². The summed E-state index contributed by atoms with van der Waals surface area (Å²) in [6.07, 6.45) is 0.818. The summed E-state index contributed by atoms with van der Waals surface area (Å²) in [6.45, 7) is -0.0945. The summed E-state index contributed by atoms with van der Waals surface area (Å²) < 4.78 is 23.7. The van der Waals surface area contributed by atoms with Gasteiger partial charge in [0.15, 0.2) is 9.84 Å². The van der Waals surface area contributed by atoms with Crippen LogP contribution in [0.15, 0.2) is 22.7 Å². The zero-order valence-electron chi connectivity index (χ0n) is 10.2. The maximum atomic E-state index is 11.5. The molecule has 1 aliphatic heterocycles. The highest BCUT2D eigenvalue weighted by atomic mass is 79.9. The van der Waals surface area contributed by atoms with Crippen LogP contribution in [0, 0.1) is 0 Å². The first-order valence-corrected chi connectivity index (χ1v) is 8.90. The summed E-state index contributed by atoms with van der Waals surface area (Å²) in [5.74, 6) is 0.213. The number of aliphatic hydroxyl groups is 1. The first-order valence-electron chi connectivity index (χ1n) is 5.90. The highest BCUT2D eigenvalue weighted by Gasteiger charge is 2.36. The lowest BCUT2D eigenvalue weighted by Crippen LogP contribution is -2.48. The number of halogens is 2. The molecular formula is C12H15BrClNO3S. The van der Waals surface area contributed by atoms with Gasteiger partial charge in [-0.1, -0.05) is 11.6 Å². The Morgan fingerprint density at radius 1 is 1.37 bits per heavy atom. The number of aliphatic hydroxyl groups excluding tert-OH is 1. The standard InChI is InChI=1S/C12H15BrClNO3S/c13-10-7-9(1-2-11(10)14)15-12(8-16)3-5-19(17,18)6-4-12/h1-2,7,15-16H,3-6,8H2. The van der Waals surface area contributed by atoms with E-state index in [4.69, 9.17) is 11.6 Å². The Morgan fingerprint density at radius 2 is 2.00 bits per heavy atom. The predicted molar refractivity (Wildman–Crippen MR) is 80.5 cm³/mol. The average Bonchev–Trinajstić information content (AvgIpc) is 2.37. The molecule has 0 radical (unpaired) electrons. The van der Waals surface area contributed by atoms with E-state index in [0.29, 0.717) is 17.9 Å². The number of anilines is 1. The molecule has 1 saturated heterocycles. The third kappa shape index (κ3) is 3.62. The van der Waals surface area contributed by atoms with Crippen LogP contribution >= 0.6 is 27.5 Å². The van der Waals surface area contributed by atoms with E-state index >= 15 is 0 Å². The number of nitrogens with one attached hydrogen (secondary N) is 1. The second-order valence-electron chi connectivity index (χ2n) is 4.84. The average molecular weight is 369 g/mol. The SMILES string of the molecule is O=S1(=O)CCC(CO)(Nc2ccc(Cl)c(Br)c2)CC1. The second kappa shape index (κ2) is 5.60. The summed E-state index contributed by atoms with van der Waals surface area (Å²) in [5, 5.41) is 13.5. The van der Waals surface area contributed by atoms with E-state index in [-0.39, 0.29) is 18.1 Å². The Labute approximate surface area is 126 Å². The topological polar surface area (TPSA) is 66.4 Å². The minimum absolute atomic E-state index is 0.0945. The van der Waals surface area contributed by atoms with Crippen LogP contribution in [-0.4, -0.2) is 37.2 Å². The first-order chi connectivity index (χ1) is 8.86. The van der Waals surface area contributed by atoms with E-state index < -0.39 is 15.4 Å². The zero-order valence-corrected chi connectivity index (χ0v) is 13.4. The van der Waals surface area contributed by atoms with Crippen molar-refractivity contribution in [3.05, 3.63) is 27.7 Å². The lowest BCUT2D eigenvalue weighted by atomic mass is 9.93. The van der Waals surface area contributed by atoms with Gasteiger partial charge in [-0.3, -0.25) is 0 Å². The molecule has 0 atom stereocenters. The summed E-state index contributed by atoms with van der Waals surface area (Å²) >= 11 is 9.26. The fraction of sp³-hybridized carbons (Fsp3) is 0.500. The Morgan fingerprint density at radius 3 is 2.53 bits per heavy atom. The molecule has 0 spiro atoms. The molecule has 0 bridgehead atoms. The summed E-state index contributed by atoms with van der Waals surface area (Å²) in [5.41, 5.74) is 0.239. The number of hydrogen-bond acceptors (Lipinski definition) is 4. The second-order valence-corrected chi connectivity index (χ2v) is 8.41. The molecule has 0 aromatic heterocycles. The van der Waals surface area contributed by atoms with E-state index in [1.54, 1.807) is 6.07 Å². The summed E-state index contributed by atoms with van der Waals surface area (Å²) in [6, 6.07) is 5.38. The van der Waals surface area contributed by atoms with Crippen molar-refractivity contribution in [1.29, 1.82) is 0 Å². The third-order valence-electron chi connectivity index (χ3n) is 3.42. The molecule has 7 heteroatoms. The Hall–Kier alpha value is -0.300. The fourth-order valence-electron chi connectivity index (χ4n) is 2.13. The van der Waals surface area contributed by atoms with Crippen LogP contribution in [0.1, 0.15) is 12.8 Å². The minimum Gasteiger partial charge on any atom is -0.394 e. The van der Waals surface area contributed by atoms with E-state index in [0.717, 1.165) is 10.2 Å². The molecular weight excluding hydrogens is 354 g/mol. The first kappa shape index (κ1) is 15.1. The molecule has 0 unspecified atom stereocenters. The van der Waals surface area contributed by atoms with Gasteiger partial charge in [-0.15, -0.1) is 0 Å². The Bertz CT molecular complexity index is 562. The van der Waals surface area contributed by atoms with Crippen molar-refractivity contribution in [3.63, 3.8) is 0 Å². The lowest BCUT2D eigenvalue weighted by Gasteiger charge is -2.37. The van der Waals surface area contributed by atoms with Crippen LogP contribution in [-0.2, 0) is 9.84 Å². The van der Waals surface area contributed by atoms with Crippen molar-refractivity contribution in [2.24, 2.45) is 0 Å². The molecule has 4 nitrogen and oxygen atoms in total. The van der Waals surface area contributed by atoms with Crippen molar-refractivity contribution in [1.82, 2.24) is 0 Å². The van der Waals surface area contributed by atoms with Gasteiger partial charge in [0.2, 0.25) is 0 Å².